The third kappa shape index (κ3) is 3.98. The lowest BCUT2D eigenvalue weighted by Crippen LogP contribution is -2.38. The standard InChI is InChI=1S/C13H22N4S/c1-11-16-12(10-18-11)6-7-15-13(14)17-8-4-2-3-5-9-17/h10H,2-9H2,1H3,(H2,14,15). The Bertz CT molecular complexity index is 391. The molecular weight excluding hydrogens is 244 g/mol. The van der Waals surface area contributed by atoms with Gasteiger partial charge in [-0.3, -0.25) is 4.99 Å². The lowest BCUT2D eigenvalue weighted by atomic mass is 10.2. The molecule has 5 heteroatoms. The van der Waals surface area contributed by atoms with E-state index in [0.29, 0.717) is 5.96 Å². The fraction of sp³-hybridized carbons (Fsp3) is 0.692. The summed E-state index contributed by atoms with van der Waals surface area (Å²) in [6, 6.07) is 0. The van der Waals surface area contributed by atoms with Crippen LogP contribution in [0.5, 0.6) is 0 Å². The molecule has 2 N–H and O–H groups in total. The van der Waals surface area contributed by atoms with Crippen LogP contribution < -0.4 is 5.73 Å². The number of hydrogen-bond acceptors (Lipinski definition) is 3. The van der Waals surface area contributed by atoms with Crippen molar-refractivity contribution in [3.63, 3.8) is 0 Å². The van der Waals surface area contributed by atoms with E-state index in [-0.39, 0.29) is 0 Å². The Balaban J connectivity index is 1.80. The van der Waals surface area contributed by atoms with Gasteiger partial charge in [0.2, 0.25) is 0 Å². The fourth-order valence-electron chi connectivity index (χ4n) is 2.21. The number of nitrogens with two attached hydrogens (primary N) is 1. The Morgan fingerprint density at radius 3 is 2.72 bits per heavy atom. The third-order valence-corrected chi connectivity index (χ3v) is 4.06. The topological polar surface area (TPSA) is 54.5 Å². The van der Waals surface area contributed by atoms with Gasteiger partial charge in [0.15, 0.2) is 5.96 Å². The van der Waals surface area contributed by atoms with E-state index in [2.05, 4.69) is 20.3 Å². The van der Waals surface area contributed by atoms with Gasteiger partial charge in [0, 0.05) is 31.4 Å². The van der Waals surface area contributed by atoms with E-state index in [1.54, 1.807) is 11.3 Å². The van der Waals surface area contributed by atoms with Crippen molar-refractivity contribution in [1.82, 2.24) is 9.88 Å². The molecule has 18 heavy (non-hydrogen) atoms. The Kier molecular flexibility index (Phi) is 4.99. The van der Waals surface area contributed by atoms with Gasteiger partial charge >= 0.3 is 0 Å². The summed E-state index contributed by atoms with van der Waals surface area (Å²) in [5.74, 6) is 0.712. The normalized spacial score (nSPS) is 17.8. The van der Waals surface area contributed by atoms with Crippen LogP contribution in [0, 0.1) is 6.92 Å². The number of guanidine groups is 1. The zero-order valence-electron chi connectivity index (χ0n) is 11.1. The summed E-state index contributed by atoms with van der Waals surface area (Å²) in [7, 11) is 0. The molecule has 0 saturated carbocycles. The fourth-order valence-corrected chi connectivity index (χ4v) is 2.85. The van der Waals surface area contributed by atoms with Gasteiger partial charge < -0.3 is 10.6 Å². The van der Waals surface area contributed by atoms with Crippen molar-refractivity contribution >= 4 is 17.3 Å². The molecule has 2 heterocycles. The molecule has 0 radical (unpaired) electrons. The largest absolute Gasteiger partial charge is 0.370 e. The third-order valence-electron chi connectivity index (χ3n) is 3.24. The number of likely N-dealkylation sites (tertiary alicyclic amines) is 1. The number of hydrogen-bond donors (Lipinski definition) is 1. The van der Waals surface area contributed by atoms with Crippen molar-refractivity contribution in [3.8, 4) is 0 Å². The highest BCUT2D eigenvalue weighted by Gasteiger charge is 2.10. The highest BCUT2D eigenvalue weighted by Crippen LogP contribution is 2.10. The van der Waals surface area contributed by atoms with Crippen molar-refractivity contribution in [2.45, 2.75) is 39.0 Å². The van der Waals surface area contributed by atoms with Crippen LogP contribution in [0.4, 0.5) is 0 Å². The minimum Gasteiger partial charge on any atom is -0.370 e. The predicted molar refractivity (Wildman–Crippen MR) is 77.1 cm³/mol. The SMILES string of the molecule is Cc1nc(CCN=C(N)N2CCCCCC2)cs1. The highest BCUT2D eigenvalue weighted by molar-refractivity contribution is 7.09. The van der Waals surface area contributed by atoms with Crippen LogP contribution in [0.15, 0.2) is 10.4 Å². The summed E-state index contributed by atoms with van der Waals surface area (Å²) in [5, 5.41) is 3.22. The Morgan fingerprint density at radius 1 is 1.39 bits per heavy atom. The number of aromatic nitrogens is 1. The van der Waals surface area contributed by atoms with Crippen LogP contribution in [0.3, 0.4) is 0 Å². The molecule has 1 saturated heterocycles. The molecule has 1 aliphatic heterocycles. The summed E-state index contributed by atoms with van der Waals surface area (Å²) >= 11 is 1.69. The van der Waals surface area contributed by atoms with Crippen LogP contribution in [0.25, 0.3) is 0 Å². The number of aliphatic imine (C=N–C) groups is 1. The molecule has 4 nitrogen and oxygen atoms in total. The summed E-state index contributed by atoms with van der Waals surface area (Å²) in [5.41, 5.74) is 7.17. The summed E-state index contributed by atoms with van der Waals surface area (Å²) in [6.07, 6.45) is 6.01. The minimum atomic E-state index is 0.712. The van der Waals surface area contributed by atoms with Gasteiger partial charge in [0.25, 0.3) is 0 Å². The van der Waals surface area contributed by atoms with E-state index in [1.165, 1.54) is 25.7 Å². The second kappa shape index (κ2) is 6.73. The van der Waals surface area contributed by atoms with Gasteiger partial charge in [-0.15, -0.1) is 11.3 Å². The summed E-state index contributed by atoms with van der Waals surface area (Å²) in [4.78, 5) is 11.1. The van der Waals surface area contributed by atoms with Gasteiger partial charge in [-0.2, -0.15) is 0 Å². The van der Waals surface area contributed by atoms with E-state index < -0.39 is 0 Å². The summed E-state index contributed by atoms with van der Waals surface area (Å²) in [6.45, 7) is 4.89. The maximum absolute atomic E-state index is 6.05. The zero-order valence-corrected chi connectivity index (χ0v) is 11.9. The number of rotatable bonds is 3. The average Bonchev–Trinajstić information content (AvgIpc) is 2.63. The van der Waals surface area contributed by atoms with Gasteiger partial charge in [-0.25, -0.2) is 4.98 Å². The quantitative estimate of drug-likeness (QED) is 0.674. The van der Waals surface area contributed by atoms with Crippen molar-refractivity contribution in [2.75, 3.05) is 19.6 Å². The summed E-state index contributed by atoms with van der Waals surface area (Å²) < 4.78 is 0. The second-order valence-electron chi connectivity index (χ2n) is 4.75. The van der Waals surface area contributed by atoms with Crippen LogP contribution >= 0.6 is 11.3 Å². The average molecular weight is 266 g/mol. The molecule has 2 rings (SSSR count). The van der Waals surface area contributed by atoms with Gasteiger partial charge in [0.05, 0.1) is 10.7 Å². The van der Waals surface area contributed by atoms with Crippen LogP contribution in [0.2, 0.25) is 0 Å². The number of thiazole rings is 1. The van der Waals surface area contributed by atoms with Crippen LogP contribution in [-0.2, 0) is 6.42 Å². The first-order valence-corrected chi connectivity index (χ1v) is 7.59. The molecule has 1 fully saturated rings. The Labute approximate surface area is 113 Å². The molecule has 0 amide bonds. The maximum atomic E-state index is 6.05. The lowest BCUT2D eigenvalue weighted by molar-refractivity contribution is 0.428. The Morgan fingerprint density at radius 2 is 2.11 bits per heavy atom. The lowest BCUT2D eigenvalue weighted by Gasteiger charge is -2.20. The molecule has 0 aromatic carbocycles. The van der Waals surface area contributed by atoms with E-state index in [4.69, 9.17) is 5.73 Å². The second-order valence-corrected chi connectivity index (χ2v) is 5.81. The molecule has 0 atom stereocenters. The smallest absolute Gasteiger partial charge is 0.191 e. The molecule has 1 aliphatic rings. The molecule has 1 aromatic heterocycles. The first-order valence-electron chi connectivity index (χ1n) is 6.71. The van der Waals surface area contributed by atoms with Crippen molar-refractivity contribution in [3.05, 3.63) is 16.1 Å². The molecule has 1 aromatic rings. The molecule has 0 bridgehead atoms. The highest BCUT2D eigenvalue weighted by atomic mass is 32.1. The molecular formula is C13H22N4S. The molecule has 0 aliphatic carbocycles. The van der Waals surface area contributed by atoms with Gasteiger partial charge in [-0.1, -0.05) is 12.8 Å². The van der Waals surface area contributed by atoms with Gasteiger partial charge in [-0.05, 0) is 19.8 Å². The van der Waals surface area contributed by atoms with Crippen LogP contribution in [0.1, 0.15) is 36.4 Å². The molecule has 0 spiro atoms. The van der Waals surface area contributed by atoms with Crippen molar-refractivity contribution < 1.29 is 0 Å². The van der Waals surface area contributed by atoms with Gasteiger partial charge in [0.1, 0.15) is 0 Å². The maximum Gasteiger partial charge on any atom is 0.191 e. The van der Waals surface area contributed by atoms with Crippen molar-refractivity contribution in [1.29, 1.82) is 0 Å². The van der Waals surface area contributed by atoms with Crippen molar-refractivity contribution in [2.24, 2.45) is 10.7 Å². The predicted octanol–water partition coefficient (Wildman–Crippen LogP) is 2.18. The zero-order chi connectivity index (χ0) is 12.8. The number of nitrogens with zero attached hydrogens (tertiary/aromatic N) is 3. The Hall–Kier alpha value is -1.10. The van der Waals surface area contributed by atoms with E-state index in [1.807, 2.05) is 6.92 Å². The number of aryl methyl sites for hydroxylation is 1. The van der Waals surface area contributed by atoms with E-state index in [0.717, 1.165) is 36.8 Å². The first kappa shape index (κ1) is 13.3. The van der Waals surface area contributed by atoms with Crippen LogP contribution in [-0.4, -0.2) is 35.5 Å². The first-order chi connectivity index (χ1) is 8.75. The van der Waals surface area contributed by atoms with E-state index >= 15 is 0 Å². The minimum absolute atomic E-state index is 0.712. The molecule has 100 valence electrons. The van der Waals surface area contributed by atoms with E-state index in [9.17, 15) is 0 Å². The molecule has 0 unspecified atom stereocenters. The monoisotopic (exact) mass is 266 g/mol.